The Morgan fingerprint density at radius 2 is 2.04 bits per heavy atom. The van der Waals surface area contributed by atoms with Crippen molar-refractivity contribution in [2.75, 3.05) is 17.2 Å². The van der Waals surface area contributed by atoms with E-state index in [2.05, 4.69) is 15.6 Å². The van der Waals surface area contributed by atoms with Crippen LogP contribution in [0.1, 0.15) is 59.0 Å². The molecule has 0 bridgehead atoms. The van der Waals surface area contributed by atoms with Gasteiger partial charge in [0.25, 0.3) is 0 Å². The van der Waals surface area contributed by atoms with E-state index < -0.39 is 0 Å². The van der Waals surface area contributed by atoms with Gasteiger partial charge in [-0.25, -0.2) is 9.78 Å². The van der Waals surface area contributed by atoms with Crippen molar-refractivity contribution in [3.05, 3.63) is 39.9 Å². The number of thiocarbonyl (C=S) groups is 1. The number of hydrogen-bond donors (Lipinski definition) is 2. The molecule has 0 atom stereocenters. The molecule has 5 nitrogen and oxygen atoms in total. The second-order valence-corrected chi connectivity index (χ2v) is 8.10. The van der Waals surface area contributed by atoms with Gasteiger partial charge >= 0.3 is 5.97 Å². The second-order valence-electron chi connectivity index (χ2n) is 6.59. The highest BCUT2D eigenvalue weighted by Gasteiger charge is 2.25. The van der Waals surface area contributed by atoms with Crippen molar-refractivity contribution >= 4 is 45.5 Å². The first kappa shape index (κ1) is 19.8. The van der Waals surface area contributed by atoms with Gasteiger partial charge in [0.05, 0.1) is 12.2 Å². The quantitative estimate of drug-likeness (QED) is 0.547. The predicted molar refractivity (Wildman–Crippen MR) is 115 cm³/mol. The van der Waals surface area contributed by atoms with Gasteiger partial charge in [-0.05, 0) is 68.9 Å². The molecule has 0 radical (unpaired) electrons. The second kappa shape index (κ2) is 9.28. The molecule has 144 valence electrons. The maximum atomic E-state index is 12.7. The highest BCUT2D eigenvalue weighted by atomic mass is 32.1. The summed E-state index contributed by atoms with van der Waals surface area (Å²) < 4.78 is 5.34. The van der Waals surface area contributed by atoms with E-state index in [4.69, 9.17) is 17.0 Å². The van der Waals surface area contributed by atoms with Gasteiger partial charge < -0.3 is 15.4 Å². The molecule has 0 aliphatic heterocycles. The molecule has 0 saturated heterocycles. The summed E-state index contributed by atoms with van der Waals surface area (Å²) in [4.78, 5) is 18.2. The lowest BCUT2D eigenvalue weighted by atomic mass is 9.96. The number of esters is 1. The Kier molecular flexibility index (Phi) is 6.79. The summed E-state index contributed by atoms with van der Waals surface area (Å²) in [5.41, 5.74) is 2.80. The third kappa shape index (κ3) is 4.84. The van der Waals surface area contributed by atoms with Crippen LogP contribution in [-0.2, 0) is 17.6 Å². The number of pyridine rings is 1. The van der Waals surface area contributed by atoms with Crippen LogP contribution in [0.3, 0.4) is 0 Å². The molecule has 7 heteroatoms. The van der Waals surface area contributed by atoms with Crippen LogP contribution in [0.2, 0.25) is 0 Å². The van der Waals surface area contributed by atoms with Crippen LogP contribution >= 0.6 is 23.6 Å². The van der Waals surface area contributed by atoms with Crippen LogP contribution in [0, 0.1) is 6.92 Å². The minimum atomic E-state index is -0.269. The van der Waals surface area contributed by atoms with Crippen LogP contribution in [0.4, 0.5) is 10.8 Å². The summed E-state index contributed by atoms with van der Waals surface area (Å²) in [6.07, 6.45) is 8.36. The molecule has 2 heterocycles. The van der Waals surface area contributed by atoms with Gasteiger partial charge in [0.1, 0.15) is 10.8 Å². The van der Waals surface area contributed by atoms with Crippen LogP contribution in [0.25, 0.3) is 0 Å². The molecule has 0 aromatic carbocycles. The Morgan fingerprint density at radius 3 is 2.78 bits per heavy atom. The number of hydrogen-bond acceptors (Lipinski definition) is 5. The van der Waals surface area contributed by atoms with Gasteiger partial charge in [0.2, 0.25) is 0 Å². The van der Waals surface area contributed by atoms with Crippen molar-refractivity contribution in [1.29, 1.82) is 0 Å². The number of carbonyl (C=O) groups excluding carboxylic acids is 1. The lowest BCUT2D eigenvalue weighted by Crippen LogP contribution is -2.21. The van der Waals surface area contributed by atoms with Crippen LogP contribution in [0.5, 0.6) is 0 Å². The monoisotopic (exact) mass is 403 g/mol. The summed E-state index contributed by atoms with van der Waals surface area (Å²) >= 11 is 7.10. The van der Waals surface area contributed by atoms with E-state index in [-0.39, 0.29) is 5.97 Å². The minimum absolute atomic E-state index is 0.269. The van der Waals surface area contributed by atoms with E-state index in [0.29, 0.717) is 23.1 Å². The van der Waals surface area contributed by atoms with Crippen molar-refractivity contribution in [2.24, 2.45) is 0 Å². The van der Waals surface area contributed by atoms with Crippen molar-refractivity contribution in [3.8, 4) is 0 Å². The molecule has 0 amide bonds. The van der Waals surface area contributed by atoms with E-state index in [1.807, 2.05) is 26.0 Å². The number of thiophene rings is 1. The molecule has 0 saturated carbocycles. The zero-order valence-corrected chi connectivity index (χ0v) is 17.4. The molecule has 2 N–H and O–H groups in total. The van der Waals surface area contributed by atoms with Crippen LogP contribution in [-0.4, -0.2) is 22.7 Å². The number of fused-ring (bicyclic) bond motifs is 1. The molecular formula is C20H25N3O2S2. The first-order chi connectivity index (χ1) is 13.1. The Morgan fingerprint density at radius 1 is 1.26 bits per heavy atom. The number of ether oxygens (including phenoxy) is 1. The van der Waals surface area contributed by atoms with Gasteiger partial charge in [0, 0.05) is 11.1 Å². The van der Waals surface area contributed by atoms with Gasteiger partial charge in [-0.1, -0.05) is 18.9 Å². The van der Waals surface area contributed by atoms with Crippen molar-refractivity contribution < 1.29 is 9.53 Å². The van der Waals surface area contributed by atoms with E-state index in [1.165, 1.54) is 17.7 Å². The van der Waals surface area contributed by atoms with Crippen LogP contribution in [0.15, 0.2) is 18.3 Å². The first-order valence-electron chi connectivity index (χ1n) is 9.41. The fourth-order valence-electron chi connectivity index (χ4n) is 3.29. The average Bonchev–Trinajstić information content (AvgIpc) is 2.93. The maximum absolute atomic E-state index is 12.7. The van der Waals surface area contributed by atoms with Gasteiger partial charge in [-0.15, -0.1) is 11.3 Å². The van der Waals surface area contributed by atoms with Crippen molar-refractivity contribution in [1.82, 2.24) is 4.98 Å². The van der Waals surface area contributed by atoms with E-state index in [9.17, 15) is 4.79 Å². The van der Waals surface area contributed by atoms with Gasteiger partial charge in [-0.2, -0.15) is 0 Å². The van der Waals surface area contributed by atoms with E-state index in [1.54, 1.807) is 17.5 Å². The van der Waals surface area contributed by atoms with Crippen molar-refractivity contribution in [3.63, 3.8) is 0 Å². The summed E-state index contributed by atoms with van der Waals surface area (Å²) in [5, 5.41) is 7.54. The Balaban J connectivity index is 1.87. The Hall–Kier alpha value is -1.99. The number of nitrogens with one attached hydrogen (secondary N) is 2. The molecule has 27 heavy (non-hydrogen) atoms. The largest absolute Gasteiger partial charge is 0.462 e. The van der Waals surface area contributed by atoms with Gasteiger partial charge in [0.15, 0.2) is 5.11 Å². The number of nitrogens with zero attached hydrogens (tertiary/aromatic N) is 1. The summed E-state index contributed by atoms with van der Waals surface area (Å²) in [6, 6.07) is 3.86. The number of anilines is 2. The molecule has 2 aromatic heterocycles. The van der Waals surface area contributed by atoms with Crippen LogP contribution < -0.4 is 10.6 Å². The summed E-state index contributed by atoms with van der Waals surface area (Å²) in [5.74, 6) is 0.442. The van der Waals surface area contributed by atoms with E-state index >= 15 is 0 Å². The minimum Gasteiger partial charge on any atom is -0.462 e. The zero-order chi connectivity index (χ0) is 19.2. The van der Waals surface area contributed by atoms with Gasteiger partial charge in [-0.3, -0.25) is 0 Å². The molecule has 0 spiro atoms. The Labute approximate surface area is 169 Å². The highest BCUT2D eigenvalue weighted by Crippen LogP contribution is 2.37. The fourth-order valence-corrected chi connectivity index (χ4v) is 4.83. The molecular weight excluding hydrogens is 378 g/mol. The number of aromatic nitrogens is 1. The molecule has 3 rings (SSSR count). The third-order valence-electron chi connectivity index (χ3n) is 4.62. The predicted octanol–water partition coefficient (Wildman–Crippen LogP) is 5.10. The number of carbonyl (C=O) groups is 1. The lowest BCUT2D eigenvalue weighted by molar-refractivity contribution is 0.0526. The zero-order valence-electron chi connectivity index (χ0n) is 15.8. The summed E-state index contributed by atoms with van der Waals surface area (Å²) in [7, 11) is 0. The lowest BCUT2D eigenvalue weighted by Gasteiger charge is -2.13. The fraction of sp³-hybridized carbons (Fsp3) is 0.450. The molecule has 1 aliphatic carbocycles. The van der Waals surface area contributed by atoms with Crippen molar-refractivity contribution in [2.45, 2.75) is 52.4 Å². The normalized spacial score (nSPS) is 13.9. The topological polar surface area (TPSA) is 63.2 Å². The SMILES string of the molecule is CCOC(=O)c1c(NC(=S)Nc2ncccc2C)sc2c1CCCCCC2. The summed E-state index contributed by atoms with van der Waals surface area (Å²) in [6.45, 7) is 4.16. The molecule has 1 aliphatic rings. The molecule has 0 fully saturated rings. The number of aryl methyl sites for hydroxylation is 2. The highest BCUT2D eigenvalue weighted by molar-refractivity contribution is 7.80. The first-order valence-corrected chi connectivity index (χ1v) is 10.6. The molecule has 2 aromatic rings. The van der Waals surface area contributed by atoms with E-state index in [0.717, 1.165) is 41.8 Å². The average molecular weight is 404 g/mol. The standard InChI is InChI=1S/C20H25N3O2S2/c1-3-25-19(24)16-14-10-6-4-5-7-11-15(14)27-18(16)23-20(26)22-17-13(2)9-8-12-21-17/h8-9,12H,3-7,10-11H2,1-2H3,(H2,21,22,23,26). The smallest absolute Gasteiger partial charge is 0.341 e. The maximum Gasteiger partial charge on any atom is 0.341 e. The Bertz CT molecular complexity index is 833. The third-order valence-corrected chi connectivity index (χ3v) is 6.03. The molecule has 0 unspecified atom stereocenters. The number of rotatable bonds is 4.